The molecule has 0 radical (unpaired) electrons. The molecule has 0 aliphatic rings. The summed E-state index contributed by atoms with van der Waals surface area (Å²) in [5.74, 6) is -0.636. The molecule has 2 rings (SSSR count). The minimum atomic E-state index is -0.376. The number of nitrogens with one attached hydrogen (secondary N) is 2. The summed E-state index contributed by atoms with van der Waals surface area (Å²) in [6.07, 6.45) is 0.324. The van der Waals surface area contributed by atoms with E-state index < -0.39 is 0 Å². The fraction of sp³-hybridized carbons (Fsp3) is 0.350. The van der Waals surface area contributed by atoms with E-state index in [0.29, 0.717) is 24.2 Å². The van der Waals surface area contributed by atoms with Crippen molar-refractivity contribution in [2.75, 3.05) is 11.9 Å². The zero-order valence-corrected chi connectivity index (χ0v) is 14.6. The molecule has 0 aliphatic heterocycles. The quantitative estimate of drug-likeness (QED) is 0.687. The standard InChI is InChI=1S/C20H25FN2O2/c1-3-18(24)13-22-14(2)15-8-6-9-17(11-15)23-20(25)12-16-7-4-5-10-19(16)21/h4-11,14,18,22,24H,3,12-13H2,1-2H3,(H,23,25)/t14?,18-/m1/s1. The molecule has 0 saturated carbocycles. The Morgan fingerprint density at radius 1 is 1.20 bits per heavy atom. The number of aliphatic hydroxyl groups is 1. The van der Waals surface area contributed by atoms with Gasteiger partial charge in [0.25, 0.3) is 0 Å². The van der Waals surface area contributed by atoms with Crippen LogP contribution in [0.3, 0.4) is 0 Å². The van der Waals surface area contributed by atoms with Crippen molar-refractivity contribution in [3.63, 3.8) is 0 Å². The van der Waals surface area contributed by atoms with Crippen molar-refractivity contribution in [3.05, 3.63) is 65.5 Å². The summed E-state index contributed by atoms with van der Waals surface area (Å²) in [6.45, 7) is 4.45. The Balaban J connectivity index is 1.96. The van der Waals surface area contributed by atoms with Crippen LogP contribution in [0.4, 0.5) is 10.1 Å². The maximum absolute atomic E-state index is 13.6. The van der Waals surface area contributed by atoms with Crippen LogP contribution in [0.15, 0.2) is 48.5 Å². The second-order valence-corrected chi connectivity index (χ2v) is 6.13. The molecule has 2 aromatic carbocycles. The van der Waals surface area contributed by atoms with Crippen molar-refractivity contribution in [2.24, 2.45) is 0 Å². The van der Waals surface area contributed by atoms with Crippen molar-refractivity contribution < 1.29 is 14.3 Å². The smallest absolute Gasteiger partial charge is 0.228 e. The number of amides is 1. The highest BCUT2D eigenvalue weighted by molar-refractivity contribution is 5.92. The highest BCUT2D eigenvalue weighted by Gasteiger charge is 2.11. The van der Waals surface area contributed by atoms with E-state index in [1.807, 2.05) is 32.0 Å². The van der Waals surface area contributed by atoms with E-state index >= 15 is 0 Å². The van der Waals surface area contributed by atoms with Crippen LogP contribution in [0, 0.1) is 5.82 Å². The number of anilines is 1. The summed E-state index contributed by atoms with van der Waals surface area (Å²) < 4.78 is 13.6. The predicted molar refractivity (Wildman–Crippen MR) is 97.9 cm³/mol. The molecule has 0 saturated heterocycles. The molecule has 2 aromatic rings. The molecule has 25 heavy (non-hydrogen) atoms. The number of carbonyl (C=O) groups is 1. The van der Waals surface area contributed by atoms with E-state index in [9.17, 15) is 14.3 Å². The lowest BCUT2D eigenvalue weighted by molar-refractivity contribution is -0.115. The van der Waals surface area contributed by atoms with Crippen molar-refractivity contribution in [2.45, 2.75) is 38.8 Å². The normalized spacial score (nSPS) is 13.3. The Morgan fingerprint density at radius 2 is 1.96 bits per heavy atom. The molecule has 4 nitrogen and oxygen atoms in total. The Hall–Kier alpha value is -2.24. The van der Waals surface area contributed by atoms with Gasteiger partial charge in [0.1, 0.15) is 5.82 Å². The maximum Gasteiger partial charge on any atom is 0.228 e. The van der Waals surface area contributed by atoms with Gasteiger partial charge in [0.05, 0.1) is 12.5 Å². The minimum Gasteiger partial charge on any atom is -0.392 e. The summed E-state index contributed by atoms with van der Waals surface area (Å²) in [7, 11) is 0. The van der Waals surface area contributed by atoms with Gasteiger partial charge in [0.15, 0.2) is 0 Å². The van der Waals surface area contributed by atoms with Crippen molar-refractivity contribution in [3.8, 4) is 0 Å². The summed E-state index contributed by atoms with van der Waals surface area (Å²) in [5.41, 5.74) is 2.05. The zero-order chi connectivity index (χ0) is 18.2. The number of hydrogen-bond acceptors (Lipinski definition) is 3. The fourth-order valence-electron chi connectivity index (χ4n) is 2.48. The van der Waals surface area contributed by atoms with Gasteiger partial charge >= 0.3 is 0 Å². The second kappa shape index (κ2) is 9.30. The summed E-state index contributed by atoms with van der Waals surface area (Å²) in [5, 5.41) is 15.7. The lowest BCUT2D eigenvalue weighted by atomic mass is 10.1. The van der Waals surface area contributed by atoms with Crippen LogP contribution in [0.2, 0.25) is 0 Å². The molecule has 0 fully saturated rings. The topological polar surface area (TPSA) is 61.4 Å². The van der Waals surface area contributed by atoms with Crippen LogP contribution >= 0.6 is 0 Å². The first kappa shape index (κ1) is 19.1. The summed E-state index contributed by atoms with van der Waals surface area (Å²) in [4.78, 5) is 12.1. The van der Waals surface area contributed by atoms with E-state index in [4.69, 9.17) is 0 Å². The van der Waals surface area contributed by atoms with E-state index in [1.165, 1.54) is 6.07 Å². The lowest BCUT2D eigenvalue weighted by Gasteiger charge is -2.17. The van der Waals surface area contributed by atoms with Gasteiger partial charge < -0.3 is 15.7 Å². The minimum absolute atomic E-state index is 0.00655. The Bertz CT molecular complexity index is 706. The van der Waals surface area contributed by atoms with Gasteiger partial charge in [-0.15, -0.1) is 0 Å². The average Bonchev–Trinajstić information content (AvgIpc) is 2.61. The number of benzene rings is 2. The Labute approximate surface area is 148 Å². The third-order valence-corrected chi connectivity index (χ3v) is 4.11. The number of halogens is 1. The molecule has 0 spiro atoms. The molecule has 0 aromatic heterocycles. The molecule has 1 unspecified atom stereocenters. The Morgan fingerprint density at radius 3 is 2.68 bits per heavy atom. The number of hydrogen-bond donors (Lipinski definition) is 3. The number of aliphatic hydroxyl groups excluding tert-OH is 1. The van der Waals surface area contributed by atoms with Crippen molar-refractivity contribution in [1.29, 1.82) is 0 Å². The monoisotopic (exact) mass is 344 g/mol. The molecular formula is C20H25FN2O2. The first-order chi connectivity index (χ1) is 12.0. The molecule has 0 heterocycles. The molecular weight excluding hydrogens is 319 g/mol. The van der Waals surface area contributed by atoms with Crippen molar-refractivity contribution in [1.82, 2.24) is 5.32 Å². The van der Waals surface area contributed by atoms with Gasteiger partial charge in [-0.25, -0.2) is 4.39 Å². The van der Waals surface area contributed by atoms with Crippen LogP contribution in [0.25, 0.3) is 0 Å². The molecule has 134 valence electrons. The fourth-order valence-corrected chi connectivity index (χ4v) is 2.48. The van der Waals surface area contributed by atoms with Gasteiger partial charge in [-0.05, 0) is 42.7 Å². The maximum atomic E-state index is 13.6. The third-order valence-electron chi connectivity index (χ3n) is 4.11. The van der Waals surface area contributed by atoms with Gasteiger partial charge in [0, 0.05) is 18.3 Å². The first-order valence-electron chi connectivity index (χ1n) is 8.54. The highest BCUT2D eigenvalue weighted by Crippen LogP contribution is 2.18. The van der Waals surface area contributed by atoms with Crippen LogP contribution < -0.4 is 10.6 Å². The van der Waals surface area contributed by atoms with Crippen LogP contribution in [-0.4, -0.2) is 23.7 Å². The average molecular weight is 344 g/mol. The van der Waals surface area contributed by atoms with Crippen LogP contribution in [0.5, 0.6) is 0 Å². The first-order valence-corrected chi connectivity index (χ1v) is 8.54. The molecule has 2 atom stereocenters. The van der Waals surface area contributed by atoms with Gasteiger partial charge in [0.2, 0.25) is 5.91 Å². The zero-order valence-electron chi connectivity index (χ0n) is 14.6. The van der Waals surface area contributed by atoms with E-state index in [2.05, 4.69) is 10.6 Å². The van der Waals surface area contributed by atoms with Gasteiger partial charge in [-0.3, -0.25) is 4.79 Å². The summed E-state index contributed by atoms with van der Waals surface area (Å²) in [6, 6.07) is 13.8. The SMILES string of the molecule is CC[C@@H](O)CNC(C)c1cccc(NC(=O)Cc2ccccc2F)c1. The molecule has 0 bridgehead atoms. The summed E-state index contributed by atoms with van der Waals surface area (Å²) >= 11 is 0. The van der Waals surface area contributed by atoms with Crippen molar-refractivity contribution >= 4 is 11.6 Å². The third kappa shape index (κ3) is 5.96. The van der Waals surface area contributed by atoms with E-state index in [1.54, 1.807) is 24.3 Å². The second-order valence-electron chi connectivity index (χ2n) is 6.13. The Kier molecular flexibility index (Phi) is 7.10. The number of rotatable bonds is 8. The van der Waals surface area contributed by atoms with Crippen LogP contribution in [0.1, 0.15) is 37.4 Å². The van der Waals surface area contributed by atoms with E-state index in [0.717, 1.165) is 5.56 Å². The van der Waals surface area contributed by atoms with Gasteiger partial charge in [-0.2, -0.15) is 0 Å². The van der Waals surface area contributed by atoms with Crippen LogP contribution in [-0.2, 0) is 11.2 Å². The predicted octanol–water partition coefficient (Wildman–Crippen LogP) is 3.43. The van der Waals surface area contributed by atoms with E-state index in [-0.39, 0.29) is 30.3 Å². The number of carbonyl (C=O) groups excluding carboxylic acids is 1. The largest absolute Gasteiger partial charge is 0.392 e. The highest BCUT2D eigenvalue weighted by atomic mass is 19.1. The lowest BCUT2D eigenvalue weighted by Crippen LogP contribution is -2.28. The molecule has 5 heteroatoms. The molecule has 0 aliphatic carbocycles. The van der Waals surface area contributed by atoms with Gasteiger partial charge in [-0.1, -0.05) is 37.3 Å². The molecule has 1 amide bonds. The molecule has 3 N–H and O–H groups in total.